The number of carbonyl (C=O) groups excluding carboxylic acids is 2. The molecule has 1 aliphatic heterocycles. The van der Waals surface area contributed by atoms with Crippen LogP contribution in [-0.4, -0.2) is 35.9 Å². The normalized spacial score (nSPS) is 22.3. The third-order valence-corrected chi connectivity index (χ3v) is 4.74. The van der Waals surface area contributed by atoms with Crippen molar-refractivity contribution in [2.75, 3.05) is 13.2 Å². The molecule has 1 fully saturated rings. The molecule has 1 N–H and O–H groups in total. The zero-order chi connectivity index (χ0) is 19.0. The van der Waals surface area contributed by atoms with Gasteiger partial charge in [0.25, 0.3) is 0 Å². The Kier molecular flexibility index (Phi) is 7.39. The van der Waals surface area contributed by atoms with Crippen molar-refractivity contribution in [3.05, 3.63) is 47.5 Å². The number of ether oxygens (including phenoxy) is 2. The van der Waals surface area contributed by atoms with Crippen LogP contribution < -0.4 is 0 Å². The monoisotopic (exact) mass is 360 g/mol. The highest BCUT2D eigenvalue weighted by molar-refractivity contribution is 5.92. The van der Waals surface area contributed by atoms with Gasteiger partial charge in [0.15, 0.2) is 5.60 Å². The second-order valence-electron chi connectivity index (χ2n) is 6.85. The van der Waals surface area contributed by atoms with E-state index in [9.17, 15) is 14.7 Å². The summed E-state index contributed by atoms with van der Waals surface area (Å²) < 4.78 is 10.7. The van der Waals surface area contributed by atoms with Gasteiger partial charge in [0.1, 0.15) is 6.61 Å². The van der Waals surface area contributed by atoms with Gasteiger partial charge in [-0.2, -0.15) is 0 Å². The summed E-state index contributed by atoms with van der Waals surface area (Å²) in [5.41, 5.74) is -0.194. The van der Waals surface area contributed by atoms with Crippen LogP contribution in [-0.2, 0) is 14.3 Å². The highest BCUT2D eigenvalue weighted by atomic mass is 16.6. The van der Waals surface area contributed by atoms with Gasteiger partial charge in [0.05, 0.1) is 12.2 Å². The average Bonchev–Trinajstić information content (AvgIpc) is 2.99. The Morgan fingerprint density at radius 1 is 1.35 bits per heavy atom. The number of benzene rings is 1. The third-order valence-electron chi connectivity index (χ3n) is 4.74. The summed E-state index contributed by atoms with van der Waals surface area (Å²) in [6.07, 6.45) is 6.42. The Morgan fingerprint density at radius 2 is 2.08 bits per heavy atom. The van der Waals surface area contributed by atoms with Crippen molar-refractivity contribution in [2.24, 2.45) is 5.92 Å². The highest BCUT2D eigenvalue weighted by Gasteiger charge is 2.44. The first-order chi connectivity index (χ1) is 12.5. The van der Waals surface area contributed by atoms with E-state index >= 15 is 0 Å². The molecule has 142 valence electrons. The predicted octanol–water partition coefficient (Wildman–Crippen LogP) is 3.66. The molecular weight excluding hydrogens is 332 g/mol. The van der Waals surface area contributed by atoms with E-state index in [1.165, 1.54) is 0 Å². The topological polar surface area (TPSA) is 72.8 Å². The summed E-state index contributed by atoms with van der Waals surface area (Å²) in [7, 11) is 0. The smallest absolute Gasteiger partial charge is 0.338 e. The lowest BCUT2D eigenvalue weighted by atomic mass is 9.93. The van der Waals surface area contributed by atoms with Crippen molar-refractivity contribution in [1.29, 1.82) is 0 Å². The molecular formula is C21H28O5. The molecule has 0 saturated carbocycles. The van der Waals surface area contributed by atoms with Crippen LogP contribution in [0.15, 0.2) is 42.0 Å². The molecule has 1 heterocycles. The molecule has 0 aliphatic carbocycles. The van der Waals surface area contributed by atoms with Crippen LogP contribution in [0.4, 0.5) is 0 Å². The van der Waals surface area contributed by atoms with E-state index < -0.39 is 17.5 Å². The molecule has 1 aromatic carbocycles. The Bertz CT molecular complexity index is 637. The Morgan fingerprint density at radius 3 is 2.69 bits per heavy atom. The Labute approximate surface area is 155 Å². The second kappa shape index (κ2) is 9.53. The number of esters is 2. The summed E-state index contributed by atoms with van der Waals surface area (Å²) in [6.45, 7) is 3.69. The van der Waals surface area contributed by atoms with Crippen LogP contribution in [0.25, 0.3) is 0 Å². The summed E-state index contributed by atoms with van der Waals surface area (Å²) in [5, 5.41) is 9.77. The lowest BCUT2D eigenvalue weighted by Crippen LogP contribution is -2.39. The lowest BCUT2D eigenvalue weighted by molar-refractivity contribution is -0.154. The minimum Gasteiger partial charge on any atom is -0.458 e. The maximum atomic E-state index is 12.2. The molecule has 0 radical (unpaired) electrons. The molecule has 0 aromatic heterocycles. The SMILES string of the molecule is CCCCC(/C=C1/CC(CO)(COC(=O)c2ccccc2)OC1=O)CC. The van der Waals surface area contributed by atoms with E-state index in [-0.39, 0.29) is 19.6 Å². The molecule has 2 unspecified atom stereocenters. The predicted molar refractivity (Wildman–Crippen MR) is 98.6 cm³/mol. The minimum absolute atomic E-state index is 0.161. The highest BCUT2D eigenvalue weighted by Crippen LogP contribution is 2.33. The molecule has 0 amide bonds. The lowest BCUT2D eigenvalue weighted by Gasteiger charge is -2.24. The van der Waals surface area contributed by atoms with Gasteiger partial charge in [-0.3, -0.25) is 0 Å². The molecule has 2 atom stereocenters. The molecule has 5 nitrogen and oxygen atoms in total. The quantitative estimate of drug-likeness (QED) is 0.537. The number of rotatable bonds is 9. The van der Waals surface area contributed by atoms with Gasteiger partial charge in [-0.15, -0.1) is 0 Å². The van der Waals surface area contributed by atoms with Crippen molar-refractivity contribution >= 4 is 11.9 Å². The van der Waals surface area contributed by atoms with Crippen molar-refractivity contribution in [3.8, 4) is 0 Å². The van der Waals surface area contributed by atoms with E-state index in [4.69, 9.17) is 9.47 Å². The second-order valence-corrected chi connectivity index (χ2v) is 6.85. The largest absolute Gasteiger partial charge is 0.458 e. The number of unbranched alkanes of at least 4 members (excludes halogenated alkanes) is 1. The van der Waals surface area contributed by atoms with E-state index in [2.05, 4.69) is 13.8 Å². The third kappa shape index (κ3) is 5.18. The summed E-state index contributed by atoms with van der Waals surface area (Å²) in [5.74, 6) is -0.607. The van der Waals surface area contributed by atoms with Gasteiger partial charge in [-0.1, -0.05) is 51.0 Å². The van der Waals surface area contributed by atoms with Crippen LogP contribution in [0.2, 0.25) is 0 Å². The number of aliphatic hydroxyl groups is 1. The summed E-state index contributed by atoms with van der Waals surface area (Å²) in [6, 6.07) is 8.61. The Hall–Kier alpha value is -2.14. The number of cyclic esters (lactones) is 1. The zero-order valence-electron chi connectivity index (χ0n) is 15.6. The van der Waals surface area contributed by atoms with Crippen molar-refractivity contribution in [2.45, 2.75) is 51.6 Å². The summed E-state index contributed by atoms with van der Waals surface area (Å²) in [4.78, 5) is 24.4. The zero-order valence-corrected chi connectivity index (χ0v) is 15.6. The van der Waals surface area contributed by atoms with Gasteiger partial charge in [0.2, 0.25) is 0 Å². The number of allylic oxidation sites excluding steroid dienone is 1. The molecule has 0 bridgehead atoms. The van der Waals surface area contributed by atoms with Crippen molar-refractivity contribution < 1.29 is 24.2 Å². The number of hydrogen-bond acceptors (Lipinski definition) is 5. The van der Waals surface area contributed by atoms with Crippen molar-refractivity contribution in [3.63, 3.8) is 0 Å². The molecule has 26 heavy (non-hydrogen) atoms. The van der Waals surface area contributed by atoms with E-state index in [0.29, 0.717) is 17.1 Å². The fourth-order valence-electron chi connectivity index (χ4n) is 3.07. The van der Waals surface area contributed by atoms with Crippen LogP contribution in [0.5, 0.6) is 0 Å². The molecule has 1 aliphatic rings. The first-order valence-corrected chi connectivity index (χ1v) is 9.30. The molecule has 0 spiro atoms. The van der Waals surface area contributed by atoms with Gasteiger partial charge >= 0.3 is 11.9 Å². The molecule has 5 heteroatoms. The van der Waals surface area contributed by atoms with Crippen LogP contribution in [0.3, 0.4) is 0 Å². The summed E-state index contributed by atoms with van der Waals surface area (Å²) >= 11 is 0. The van der Waals surface area contributed by atoms with Gasteiger partial charge in [0, 0.05) is 12.0 Å². The standard InChI is InChI=1S/C21H28O5/c1-3-5-9-16(4-2)12-18-13-21(14-22,26-20(18)24)15-25-19(23)17-10-7-6-8-11-17/h6-8,10-12,16,22H,3-5,9,13-15H2,1-2H3/b18-12-. The van der Waals surface area contributed by atoms with E-state index in [0.717, 1.165) is 25.7 Å². The maximum absolute atomic E-state index is 12.2. The average molecular weight is 360 g/mol. The van der Waals surface area contributed by atoms with E-state index in [1.54, 1.807) is 24.3 Å². The number of aliphatic hydroxyl groups excluding tert-OH is 1. The molecule has 1 aromatic rings. The van der Waals surface area contributed by atoms with Gasteiger partial charge in [-0.05, 0) is 30.9 Å². The number of hydrogen-bond donors (Lipinski definition) is 1. The Balaban J connectivity index is 2.03. The molecule has 2 rings (SSSR count). The number of carbonyl (C=O) groups is 2. The maximum Gasteiger partial charge on any atom is 0.338 e. The van der Waals surface area contributed by atoms with Crippen LogP contribution in [0.1, 0.15) is 56.3 Å². The first-order valence-electron chi connectivity index (χ1n) is 9.30. The fraction of sp³-hybridized carbons (Fsp3) is 0.524. The first kappa shape index (κ1) is 20.2. The van der Waals surface area contributed by atoms with Crippen LogP contribution >= 0.6 is 0 Å². The van der Waals surface area contributed by atoms with Gasteiger partial charge in [-0.25, -0.2) is 9.59 Å². The van der Waals surface area contributed by atoms with E-state index in [1.807, 2.05) is 12.1 Å². The molecule has 1 saturated heterocycles. The minimum atomic E-state index is -1.18. The van der Waals surface area contributed by atoms with Crippen LogP contribution in [0, 0.1) is 5.92 Å². The van der Waals surface area contributed by atoms with Crippen molar-refractivity contribution in [1.82, 2.24) is 0 Å². The fourth-order valence-corrected chi connectivity index (χ4v) is 3.07. The van der Waals surface area contributed by atoms with Gasteiger partial charge < -0.3 is 14.6 Å².